The summed E-state index contributed by atoms with van der Waals surface area (Å²) in [5.74, 6) is 1.93. The van der Waals surface area contributed by atoms with Crippen LogP contribution in [0.1, 0.15) is 32.1 Å². The first-order chi connectivity index (χ1) is 9.74. The fourth-order valence-electron chi connectivity index (χ4n) is 2.66. The van der Waals surface area contributed by atoms with Crippen molar-refractivity contribution in [2.24, 2.45) is 0 Å². The molecule has 20 heavy (non-hydrogen) atoms. The Balaban J connectivity index is 1.75. The third-order valence-corrected chi connectivity index (χ3v) is 3.93. The molecule has 1 aromatic rings. The lowest BCUT2D eigenvalue weighted by Gasteiger charge is -2.32. The molecule has 2 aliphatic rings. The minimum Gasteiger partial charge on any atom is -0.393 e. The largest absolute Gasteiger partial charge is 0.393 e. The summed E-state index contributed by atoms with van der Waals surface area (Å²) in [5, 5.41) is 15.6. The van der Waals surface area contributed by atoms with E-state index in [4.69, 9.17) is 0 Å². The molecule has 0 bridgehead atoms. The zero-order valence-corrected chi connectivity index (χ0v) is 11.8. The van der Waals surface area contributed by atoms with E-state index in [1.807, 2.05) is 7.05 Å². The van der Waals surface area contributed by atoms with E-state index in [9.17, 15) is 5.11 Å². The number of piperidine rings is 1. The SMILES string of the molecule is CNc1nc(NC2CC(O)C2)nc(N2CCCCC2)n1. The Labute approximate surface area is 118 Å². The van der Waals surface area contributed by atoms with Gasteiger partial charge in [0, 0.05) is 26.2 Å². The average molecular weight is 278 g/mol. The van der Waals surface area contributed by atoms with Gasteiger partial charge in [0.1, 0.15) is 0 Å². The van der Waals surface area contributed by atoms with E-state index in [1.54, 1.807) is 0 Å². The lowest BCUT2D eigenvalue weighted by atomic mass is 9.90. The zero-order chi connectivity index (χ0) is 13.9. The molecule has 0 unspecified atom stereocenters. The second kappa shape index (κ2) is 5.78. The fourth-order valence-corrected chi connectivity index (χ4v) is 2.66. The number of nitrogens with one attached hydrogen (secondary N) is 2. The molecular weight excluding hydrogens is 256 g/mol. The number of anilines is 3. The van der Waals surface area contributed by atoms with Crippen LogP contribution < -0.4 is 15.5 Å². The first kappa shape index (κ1) is 13.4. The summed E-state index contributed by atoms with van der Waals surface area (Å²) in [4.78, 5) is 15.5. The molecule has 1 saturated heterocycles. The highest BCUT2D eigenvalue weighted by atomic mass is 16.3. The van der Waals surface area contributed by atoms with Crippen molar-refractivity contribution in [2.45, 2.75) is 44.2 Å². The van der Waals surface area contributed by atoms with Gasteiger partial charge in [-0.1, -0.05) is 0 Å². The van der Waals surface area contributed by atoms with Crippen molar-refractivity contribution in [1.29, 1.82) is 0 Å². The molecule has 0 amide bonds. The maximum Gasteiger partial charge on any atom is 0.231 e. The molecular formula is C13H22N6O. The zero-order valence-electron chi connectivity index (χ0n) is 11.8. The van der Waals surface area contributed by atoms with Gasteiger partial charge in [-0.3, -0.25) is 0 Å². The monoisotopic (exact) mass is 278 g/mol. The van der Waals surface area contributed by atoms with Crippen LogP contribution in [0.3, 0.4) is 0 Å². The molecule has 2 fully saturated rings. The van der Waals surface area contributed by atoms with Crippen LogP contribution in [-0.2, 0) is 0 Å². The topological polar surface area (TPSA) is 86.2 Å². The standard InChI is InChI=1S/C13H22N6O/c1-14-11-16-12(15-9-7-10(20)8-9)18-13(17-11)19-5-3-2-4-6-19/h9-10,20H,2-8H2,1H3,(H2,14,15,16,17,18). The van der Waals surface area contributed by atoms with Crippen molar-refractivity contribution < 1.29 is 5.11 Å². The Bertz CT molecular complexity index is 456. The third kappa shape index (κ3) is 2.92. The molecule has 0 atom stereocenters. The highest BCUT2D eigenvalue weighted by molar-refractivity contribution is 5.44. The number of aliphatic hydroxyl groups excluding tert-OH is 1. The van der Waals surface area contributed by atoms with Crippen LogP contribution in [0.5, 0.6) is 0 Å². The molecule has 2 heterocycles. The minimum atomic E-state index is -0.181. The summed E-state index contributed by atoms with van der Waals surface area (Å²) < 4.78 is 0. The van der Waals surface area contributed by atoms with Crippen molar-refractivity contribution >= 4 is 17.8 Å². The number of aliphatic hydroxyl groups is 1. The van der Waals surface area contributed by atoms with Gasteiger partial charge >= 0.3 is 0 Å². The van der Waals surface area contributed by atoms with Crippen molar-refractivity contribution in [3.63, 3.8) is 0 Å². The molecule has 0 spiro atoms. The molecule has 1 aliphatic carbocycles. The minimum absolute atomic E-state index is 0.181. The summed E-state index contributed by atoms with van der Waals surface area (Å²) in [7, 11) is 1.81. The maximum absolute atomic E-state index is 9.34. The Morgan fingerprint density at radius 3 is 2.40 bits per heavy atom. The first-order valence-corrected chi connectivity index (χ1v) is 7.38. The summed E-state index contributed by atoms with van der Waals surface area (Å²) >= 11 is 0. The molecule has 1 saturated carbocycles. The van der Waals surface area contributed by atoms with Crippen LogP contribution in [0.2, 0.25) is 0 Å². The lowest BCUT2D eigenvalue weighted by Crippen LogP contribution is -2.39. The highest BCUT2D eigenvalue weighted by Gasteiger charge is 2.28. The normalized spacial score (nSPS) is 26.0. The van der Waals surface area contributed by atoms with E-state index in [1.165, 1.54) is 19.3 Å². The quantitative estimate of drug-likeness (QED) is 0.752. The number of hydrogen-bond donors (Lipinski definition) is 3. The van der Waals surface area contributed by atoms with E-state index in [0.717, 1.165) is 31.9 Å². The van der Waals surface area contributed by atoms with Crippen molar-refractivity contribution in [1.82, 2.24) is 15.0 Å². The predicted octanol–water partition coefficient (Wildman–Crippen LogP) is 0.839. The molecule has 7 heteroatoms. The summed E-state index contributed by atoms with van der Waals surface area (Å²) in [6, 6.07) is 0.270. The molecule has 0 aromatic carbocycles. The molecule has 0 radical (unpaired) electrons. The van der Waals surface area contributed by atoms with Crippen LogP contribution in [0.4, 0.5) is 17.8 Å². The third-order valence-electron chi connectivity index (χ3n) is 3.93. The molecule has 1 aromatic heterocycles. The second-order valence-electron chi connectivity index (χ2n) is 5.55. The predicted molar refractivity (Wildman–Crippen MR) is 78.1 cm³/mol. The van der Waals surface area contributed by atoms with Gasteiger partial charge in [0.05, 0.1) is 6.10 Å². The van der Waals surface area contributed by atoms with Gasteiger partial charge in [0.15, 0.2) is 0 Å². The van der Waals surface area contributed by atoms with Gasteiger partial charge < -0.3 is 20.6 Å². The number of hydrogen-bond acceptors (Lipinski definition) is 7. The van der Waals surface area contributed by atoms with Gasteiger partial charge in [-0.15, -0.1) is 0 Å². The van der Waals surface area contributed by atoms with Gasteiger partial charge in [-0.25, -0.2) is 0 Å². The smallest absolute Gasteiger partial charge is 0.231 e. The van der Waals surface area contributed by atoms with E-state index in [0.29, 0.717) is 11.9 Å². The average Bonchev–Trinajstić information content (AvgIpc) is 2.46. The van der Waals surface area contributed by atoms with Crippen LogP contribution in [-0.4, -0.2) is 52.3 Å². The van der Waals surface area contributed by atoms with Crippen LogP contribution in [0, 0.1) is 0 Å². The second-order valence-corrected chi connectivity index (χ2v) is 5.55. The Hall–Kier alpha value is -1.63. The molecule has 110 valence electrons. The summed E-state index contributed by atoms with van der Waals surface area (Å²) in [5.41, 5.74) is 0. The maximum atomic E-state index is 9.34. The summed E-state index contributed by atoms with van der Waals surface area (Å²) in [6.07, 6.45) is 5.01. The lowest BCUT2D eigenvalue weighted by molar-refractivity contribution is 0.0834. The van der Waals surface area contributed by atoms with Gasteiger partial charge in [-0.2, -0.15) is 15.0 Å². The highest BCUT2D eigenvalue weighted by Crippen LogP contribution is 2.24. The van der Waals surface area contributed by atoms with E-state index in [2.05, 4.69) is 30.5 Å². The fraction of sp³-hybridized carbons (Fsp3) is 0.769. The Morgan fingerprint density at radius 2 is 1.75 bits per heavy atom. The van der Waals surface area contributed by atoms with Crippen molar-refractivity contribution in [3.8, 4) is 0 Å². The van der Waals surface area contributed by atoms with Gasteiger partial charge in [0.2, 0.25) is 17.8 Å². The van der Waals surface area contributed by atoms with E-state index < -0.39 is 0 Å². The van der Waals surface area contributed by atoms with Gasteiger partial charge in [0.25, 0.3) is 0 Å². The number of aromatic nitrogens is 3. The van der Waals surface area contributed by atoms with Gasteiger partial charge in [-0.05, 0) is 32.1 Å². The van der Waals surface area contributed by atoms with E-state index in [-0.39, 0.29) is 12.1 Å². The van der Waals surface area contributed by atoms with Crippen LogP contribution >= 0.6 is 0 Å². The van der Waals surface area contributed by atoms with Crippen LogP contribution in [0.15, 0.2) is 0 Å². The Morgan fingerprint density at radius 1 is 1.05 bits per heavy atom. The Kier molecular flexibility index (Phi) is 3.86. The first-order valence-electron chi connectivity index (χ1n) is 7.38. The number of nitrogens with zero attached hydrogens (tertiary/aromatic N) is 4. The van der Waals surface area contributed by atoms with Crippen molar-refractivity contribution in [3.05, 3.63) is 0 Å². The van der Waals surface area contributed by atoms with Crippen molar-refractivity contribution in [2.75, 3.05) is 35.7 Å². The molecule has 7 nitrogen and oxygen atoms in total. The molecule has 3 N–H and O–H groups in total. The molecule has 3 rings (SSSR count). The van der Waals surface area contributed by atoms with Crippen LogP contribution in [0.25, 0.3) is 0 Å². The summed E-state index contributed by atoms with van der Waals surface area (Å²) in [6.45, 7) is 2.02. The van der Waals surface area contributed by atoms with E-state index >= 15 is 0 Å². The molecule has 1 aliphatic heterocycles. The number of rotatable bonds is 4.